The van der Waals surface area contributed by atoms with Crippen molar-refractivity contribution >= 4 is 0 Å². The Kier molecular flexibility index (Phi) is 4.20. The Hall–Kier alpha value is -1.84. The van der Waals surface area contributed by atoms with Crippen molar-refractivity contribution in [2.24, 2.45) is 11.5 Å². The van der Waals surface area contributed by atoms with Gasteiger partial charge in [0.15, 0.2) is 0 Å². The SMILES string of the molecule is Cc1cccc(C)c1Oc1ccc(CN)c(CN)c1. The van der Waals surface area contributed by atoms with Crippen molar-refractivity contribution in [3.8, 4) is 11.5 Å². The normalized spacial score (nSPS) is 10.5. The van der Waals surface area contributed by atoms with Gasteiger partial charge < -0.3 is 16.2 Å². The van der Waals surface area contributed by atoms with Crippen LogP contribution in [-0.4, -0.2) is 0 Å². The number of hydrogen-bond acceptors (Lipinski definition) is 3. The molecular formula is C16H20N2O. The second-order valence-electron chi connectivity index (χ2n) is 4.66. The van der Waals surface area contributed by atoms with Crippen molar-refractivity contribution in [2.45, 2.75) is 26.9 Å². The Morgan fingerprint density at radius 3 is 2.11 bits per heavy atom. The Morgan fingerprint density at radius 2 is 1.53 bits per heavy atom. The molecule has 0 unspecified atom stereocenters. The van der Waals surface area contributed by atoms with E-state index in [0.29, 0.717) is 13.1 Å². The Balaban J connectivity index is 2.33. The van der Waals surface area contributed by atoms with Crippen molar-refractivity contribution < 1.29 is 4.74 Å². The molecule has 0 fully saturated rings. The summed E-state index contributed by atoms with van der Waals surface area (Å²) in [5.41, 5.74) is 15.8. The molecule has 100 valence electrons. The minimum Gasteiger partial charge on any atom is -0.457 e. The van der Waals surface area contributed by atoms with Crippen LogP contribution in [0, 0.1) is 13.8 Å². The molecule has 2 aromatic rings. The smallest absolute Gasteiger partial charge is 0.133 e. The van der Waals surface area contributed by atoms with Crippen LogP contribution in [0.5, 0.6) is 11.5 Å². The molecule has 0 spiro atoms. The summed E-state index contributed by atoms with van der Waals surface area (Å²) >= 11 is 0. The van der Waals surface area contributed by atoms with Crippen LogP contribution in [-0.2, 0) is 13.1 Å². The number of ether oxygens (including phenoxy) is 1. The molecule has 3 nitrogen and oxygen atoms in total. The maximum Gasteiger partial charge on any atom is 0.133 e. The standard InChI is InChI=1S/C16H20N2O/c1-11-4-3-5-12(2)16(11)19-15-7-6-13(9-17)14(8-15)10-18/h3-8H,9-10,17-18H2,1-2H3. The number of rotatable bonds is 4. The Labute approximate surface area is 114 Å². The topological polar surface area (TPSA) is 61.3 Å². The van der Waals surface area contributed by atoms with Crippen molar-refractivity contribution in [1.29, 1.82) is 0 Å². The van der Waals surface area contributed by atoms with Crippen molar-refractivity contribution in [3.05, 3.63) is 58.7 Å². The largest absolute Gasteiger partial charge is 0.457 e. The highest BCUT2D eigenvalue weighted by atomic mass is 16.5. The van der Waals surface area contributed by atoms with Gasteiger partial charge in [0.1, 0.15) is 11.5 Å². The molecule has 2 aromatic carbocycles. The molecule has 0 aliphatic rings. The summed E-state index contributed by atoms with van der Waals surface area (Å²) in [6.45, 7) is 5.05. The van der Waals surface area contributed by atoms with Crippen LogP contribution >= 0.6 is 0 Å². The third kappa shape index (κ3) is 2.95. The lowest BCUT2D eigenvalue weighted by atomic mass is 10.1. The van der Waals surface area contributed by atoms with Gasteiger partial charge in [0.2, 0.25) is 0 Å². The van der Waals surface area contributed by atoms with E-state index in [-0.39, 0.29) is 0 Å². The quantitative estimate of drug-likeness (QED) is 0.884. The summed E-state index contributed by atoms with van der Waals surface area (Å²) in [6, 6.07) is 12.0. The maximum atomic E-state index is 5.99. The van der Waals surface area contributed by atoms with Gasteiger partial charge in [-0.1, -0.05) is 24.3 Å². The third-order valence-electron chi connectivity index (χ3n) is 3.25. The molecule has 0 aromatic heterocycles. The molecule has 0 aliphatic heterocycles. The molecule has 0 atom stereocenters. The molecular weight excluding hydrogens is 236 g/mol. The van der Waals surface area contributed by atoms with Gasteiger partial charge in [-0.3, -0.25) is 0 Å². The maximum absolute atomic E-state index is 5.99. The zero-order chi connectivity index (χ0) is 13.8. The minimum atomic E-state index is 0.469. The Bertz CT molecular complexity index is 559. The summed E-state index contributed by atoms with van der Waals surface area (Å²) in [4.78, 5) is 0. The molecule has 0 saturated carbocycles. The summed E-state index contributed by atoms with van der Waals surface area (Å²) in [6.07, 6.45) is 0. The fourth-order valence-corrected chi connectivity index (χ4v) is 2.13. The van der Waals surface area contributed by atoms with E-state index < -0.39 is 0 Å². The van der Waals surface area contributed by atoms with Gasteiger partial charge in [0.25, 0.3) is 0 Å². The van der Waals surface area contributed by atoms with Crippen LogP contribution in [0.4, 0.5) is 0 Å². The number of para-hydroxylation sites is 1. The fourth-order valence-electron chi connectivity index (χ4n) is 2.13. The number of nitrogens with two attached hydrogens (primary N) is 2. The molecule has 2 rings (SSSR count). The van der Waals surface area contributed by atoms with Gasteiger partial charge in [0.05, 0.1) is 0 Å². The second kappa shape index (κ2) is 5.87. The molecule has 0 bridgehead atoms. The first-order valence-corrected chi connectivity index (χ1v) is 6.41. The summed E-state index contributed by atoms with van der Waals surface area (Å²) in [5, 5.41) is 0. The van der Waals surface area contributed by atoms with Gasteiger partial charge in [-0.2, -0.15) is 0 Å². The first-order chi connectivity index (χ1) is 9.15. The van der Waals surface area contributed by atoms with Crippen LogP contribution in [0.15, 0.2) is 36.4 Å². The Morgan fingerprint density at radius 1 is 0.895 bits per heavy atom. The summed E-state index contributed by atoms with van der Waals surface area (Å²) < 4.78 is 5.99. The zero-order valence-electron chi connectivity index (χ0n) is 11.4. The van der Waals surface area contributed by atoms with E-state index in [1.54, 1.807) is 0 Å². The third-order valence-corrected chi connectivity index (χ3v) is 3.25. The summed E-state index contributed by atoms with van der Waals surface area (Å²) in [5.74, 6) is 1.71. The zero-order valence-corrected chi connectivity index (χ0v) is 11.4. The predicted molar refractivity (Wildman–Crippen MR) is 78.2 cm³/mol. The molecule has 4 N–H and O–H groups in total. The van der Waals surface area contributed by atoms with E-state index in [1.807, 2.05) is 50.2 Å². The molecule has 0 saturated heterocycles. The highest BCUT2D eigenvalue weighted by Gasteiger charge is 2.07. The van der Waals surface area contributed by atoms with Crippen LogP contribution < -0.4 is 16.2 Å². The highest BCUT2D eigenvalue weighted by molar-refractivity contribution is 5.44. The average molecular weight is 256 g/mol. The lowest BCUT2D eigenvalue weighted by molar-refractivity contribution is 0.474. The van der Waals surface area contributed by atoms with Crippen LogP contribution in [0.1, 0.15) is 22.3 Å². The molecule has 0 radical (unpaired) electrons. The van der Waals surface area contributed by atoms with E-state index in [9.17, 15) is 0 Å². The first kappa shape index (κ1) is 13.6. The number of aryl methyl sites for hydroxylation is 2. The van der Waals surface area contributed by atoms with Crippen molar-refractivity contribution in [3.63, 3.8) is 0 Å². The summed E-state index contributed by atoms with van der Waals surface area (Å²) in [7, 11) is 0. The lowest BCUT2D eigenvalue weighted by Gasteiger charge is -2.13. The van der Waals surface area contributed by atoms with E-state index in [1.165, 1.54) is 0 Å². The first-order valence-electron chi connectivity index (χ1n) is 6.41. The van der Waals surface area contributed by atoms with Crippen LogP contribution in [0.3, 0.4) is 0 Å². The van der Waals surface area contributed by atoms with E-state index >= 15 is 0 Å². The molecule has 0 heterocycles. The molecule has 0 aliphatic carbocycles. The van der Waals surface area contributed by atoms with E-state index in [0.717, 1.165) is 33.8 Å². The average Bonchev–Trinajstić information content (AvgIpc) is 2.42. The van der Waals surface area contributed by atoms with Gasteiger partial charge in [-0.05, 0) is 48.2 Å². The van der Waals surface area contributed by atoms with Crippen molar-refractivity contribution in [1.82, 2.24) is 0 Å². The van der Waals surface area contributed by atoms with Gasteiger partial charge in [0, 0.05) is 13.1 Å². The second-order valence-corrected chi connectivity index (χ2v) is 4.66. The fraction of sp³-hybridized carbons (Fsp3) is 0.250. The van der Waals surface area contributed by atoms with E-state index in [4.69, 9.17) is 16.2 Å². The highest BCUT2D eigenvalue weighted by Crippen LogP contribution is 2.29. The van der Waals surface area contributed by atoms with Crippen LogP contribution in [0.2, 0.25) is 0 Å². The molecule has 0 amide bonds. The van der Waals surface area contributed by atoms with Gasteiger partial charge in [-0.25, -0.2) is 0 Å². The molecule has 3 heteroatoms. The van der Waals surface area contributed by atoms with Crippen molar-refractivity contribution in [2.75, 3.05) is 0 Å². The monoisotopic (exact) mass is 256 g/mol. The minimum absolute atomic E-state index is 0.469. The predicted octanol–water partition coefficient (Wildman–Crippen LogP) is 3.01. The number of hydrogen-bond donors (Lipinski definition) is 2. The number of benzene rings is 2. The lowest BCUT2D eigenvalue weighted by Crippen LogP contribution is -2.06. The van der Waals surface area contributed by atoms with Gasteiger partial charge >= 0.3 is 0 Å². The molecule has 19 heavy (non-hydrogen) atoms. The van der Waals surface area contributed by atoms with Gasteiger partial charge in [-0.15, -0.1) is 0 Å². The van der Waals surface area contributed by atoms with E-state index in [2.05, 4.69) is 0 Å². The van der Waals surface area contributed by atoms with Crippen LogP contribution in [0.25, 0.3) is 0 Å².